The van der Waals surface area contributed by atoms with Gasteiger partial charge in [0.25, 0.3) is 5.56 Å². The van der Waals surface area contributed by atoms with Crippen molar-refractivity contribution in [2.75, 3.05) is 5.73 Å². The van der Waals surface area contributed by atoms with Crippen LogP contribution < -0.4 is 16.6 Å². The highest BCUT2D eigenvalue weighted by Crippen LogP contribution is 1.96. The lowest BCUT2D eigenvalue weighted by Gasteiger charge is -2.07. The number of anilines is 1. The Labute approximate surface area is 108 Å². The zero-order valence-electron chi connectivity index (χ0n) is 10.4. The molecule has 3 N–H and O–H groups in total. The third-order valence-electron chi connectivity index (χ3n) is 2.57. The van der Waals surface area contributed by atoms with Crippen LogP contribution in [-0.4, -0.2) is 25.2 Å². The summed E-state index contributed by atoms with van der Waals surface area (Å²) in [5.74, 6) is 0.337. The van der Waals surface area contributed by atoms with Gasteiger partial charge in [0.05, 0.1) is 6.54 Å². The first-order chi connectivity index (χ1) is 9.06. The molecule has 8 heteroatoms. The molecule has 0 bridgehead atoms. The Morgan fingerprint density at radius 1 is 1.47 bits per heavy atom. The molecule has 0 atom stereocenters. The summed E-state index contributed by atoms with van der Waals surface area (Å²) in [4.78, 5) is 23.2. The molecule has 100 valence electrons. The Balaban J connectivity index is 1.96. The minimum Gasteiger partial charge on any atom is -0.398 e. The zero-order chi connectivity index (χ0) is 13.8. The molecule has 0 aliphatic carbocycles. The fraction of sp³-hybridized carbons (Fsp3) is 0.273. The highest BCUT2D eigenvalue weighted by atomic mass is 16.2. The summed E-state index contributed by atoms with van der Waals surface area (Å²) in [6.07, 6.45) is 2.98. The summed E-state index contributed by atoms with van der Waals surface area (Å²) in [5, 5.41) is 10.2. The van der Waals surface area contributed by atoms with Crippen molar-refractivity contribution in [3.63, 3.8) is 0 Å². The first kappa shape index (κ1) is 12.8. The van der Waals surface area contributed by atoms with Crippen molar-refractivity contribution in [1.82, 2.24) is 24.6 Å². The number of aryl methyl sites for hydroxylation is 1. The Hall–Kier alpha value is -2.64. The standard InChI is InChI=1S/C11H14N6O2/c1-16-7-14-15-9(16)4-13-10(18)6-17-5-8(12)2-3-11(17)19/h2-3,5,7H,4,6,12H2,1H3,(H,13,18). The summed E-state index contributed by atoms with van der Waals surface area (Å²) in [7, 11) is 1.78. The van der Waals surface area contributed by atoms with Gasteiger partial charge in [0.15, 0.2) is 5.82 Å². The fourth-order valence-corrected chi connectivity index (χ4v) is 1.53. The number of hydrogen-bond donors (Lipinski definition) is 2. The molecule has 0 saturated heterocycles. The molecule has 1 amide bonds. The van der Waals surface area contributed by atoms with Crippen LogP contribution in [0.15, 0.2) is 29.5 Å². The molecule has 0 aromatic carbocycles. The van der Waals surface area contributed by atoms with E-state index in [1.165, 1.54) is 22.9 Å². The quantitative estimate of drug-likeness (QED) is 0.725. The molecule has 8 nitrogen and oxygen atoms in total. The van der Waals surface area contributed by atoms with Gasteiger partial charge in [0.1, 0.15) is 12.9 Å². The molecule has 0 unspecified atom stereocenters. The largest absolute Gasteiger partial charge is 0.398 e. The molecule has 0 fully saturated rings. The van der Waals surface area contributed by atoms with Crippen LogP contribution in [0.4, 0.5) is 5.69 Å². The number of rotatable bonds is 4. The lowest BCUT2D eigenvalue weighted by Crippen LogP contribution is -2.32. The molecule has 0 spiro atoms. The van der Waals surface area contributed by atoms with E-state index in [4.69, 9.17) is 5.73 Å². The number of carbonyl (C=O) groups excluding carboxylic acids is 1. The number of hydrogen-bond acceptors (Lipinski definition) is 5. The van der Waals surface area contributed by atoms with Gasteiger partial charge in [-0.2, -0.15) is 0 Å². The van der Waals surface area contributed by atoms with Crippen molar-refractivity contribution in [2.24, 2.45) is 7.05 Å². The number of nitrogens with one attached hydrogen (secondary N) is 1. The van der Waals surface area contributed by atoms with Gasteiger partial charge in [-0.05, 0) is 6.07 Å². The molecule has 19 heavy (non-hydrogen) atoms. The molecule has 2 heterocycles. The minimum absolute atomic E-state index is 0.0816. The number of nitrogen functional groups attached to an aromatic ring is 1. The van der Waals surface area contributed by atoms with E-state index in [0.29, 0.717) is 11.5 Å². The summed E-state index contributed by atoms with van der Waals surface area (Å²) in [6, 6.07) is 2.82. The molecule has 0 aliphatic heterocycles. The summed E-state index contributed by atoms with van der Waals surface area (Å²) in [5.41, 5.74) is 5.72. The summed E-state index contributed by atoms with van der Waals surface area (Å²) in [6.45, 7) is 0.175. The molecular weight excluding hydrogens is 248 g/mol. The molecule has 0 radical (unpaired) electrons. The molecule has 0 saturated carbocycles. The van der Waals surface area contributed by atoms with Crippen LogP contribution >= 0.6 is 0 Å². The van der Waals surface area contributed by atoms with Crippen LogP contribution in [-0.2, 0) is 24.9 Å². The van der Waals surface area contributed by atoms with Gasteiger partial charge in [-0.1, -0.05) is 0 Å². The number of carbonyl (C=O) groups is 1. The van der Waals surface area contributed by atoms with E-state index in [1.54, 1.807) is 17.9 Å². The second-order valence-corrected chi connectivity index (χ2v) is 4.06. The average Bonchev–Trinajstić information content (AvgIpc) is 2.77. The van der Waals surface area contributed by atoms with Crippen LogP contribution in [0.5, 0.6) is 0 Å². The van der Waals surface area contributed by atoms with Gasteiger partial charge in [0.2, 0.25) is 5.91 Å². The van der Waals surface area contributed by atoms with E-state index in [1.807, 2.05) is 0 Å². The Morgan fingerprint density at radius 3 is 2.95 bits per heavy atom. The Bertz CT molecular complexity index is 645. The minimum atomic E-state index is -0.296. The van der Waals surface area contributed by atoms with E-state index in [9.17, 15) is 9.59 Å². The third kappa shape index (κ3) is 3.18. The van der Waals surface area contributed by atoms with Gasteiger partial charge >= 0.3 is 0 Å². The van der Waals surface area contributed by atoms with Gasteiger partial charge in [-0.15, -0.1) is 10.2 Å². The second kappa shape index (κ2) is 5.34. The highest BCUT2D eigenvalue weighted by molar-refractivity contribution is 5.75. The number of nitrogens with zero attached hydrogens (tertiary/aromatic N) is 4. The Morgan fingerprint density at radius 2 is 2.26 bits per heavy atom. The van der Waals surface area contributed by atoms with Crippen molar-refractivity contribution in [2.45, 2.75) is 13.1 Å². The first-order valence-corrected chi connectivity index (χ1v) is 5.62. The van der Waals surface area contributed by atoms with Crippen molar-refractivity contribution in [3.8, 4) is 0 Å². The number of pyridine rings is 1. The first-order valence-electron chi connectivity index (χ1n) is 5.62. The van der Waals surface area contributed by atoms with Crippen LogP contribution in [0.3, 0.4) is 0 Å². The topological polar surface area (TPSA) is 108 Å². The maximum Gasteiger partial charge on any atom is 0.251 e. The maximum atomic E-state index is 11.7. The van der Waals surface area contributed by atoms with E-state index >= 15 is 0 Å². The maximum absolute atomic E-state index is 11.7. The Kier molecular flexibility index (Phi) is 3.60. The zero-order valence-corrected chi connectivity index (χ0v) is 10.4. The van der Waals surface area contributed by atoms with Crippen molar-refractivity contribution in [1.29, 1.82) is 0 Å². The SMILES string of the molecule is Cn1cnnc1CNC(=O)Cn1cc(N)ccc1=O. The number of nitrogens with two attached hydrogens (primary N) is 1. The van der Waals surface area contributed by atoms with Crippen LogP contribution in [0, 0.1) is 0 Å². The lowest BCUT2D eigenvalue weighted by atomic mass is 10.4. The van der Waals surface area contributed by atoms with Gasteiger partial charge in [-0.3, -0.25) is 9.59 Å². The van der Waals surface area contributed by atoms with E-state index < -0.39 is 0 Å². The van der Waals surface area contributed by atoms with Crippen molar-refractivity contribution < 1.29 is 4.79 Å². The van der Waals surface area contributed by atoms with E-state index in [2.05, 4.69) is 15.5 Å². The van der Waals surface area contributed by atoms with Gasteiger partial charge in [-0.25, -0.2) is 0 Å². The molecule has 2 aromatic heterocycles. The molecule has 2 rings (SSSR count). The fourth-order valence-electron chi connectivity index (χ4n) is 1.53. The van der Waals surface area contributed by atoms with Crippen LogP contribution in [0.2, 0.25) is 0 Å². The molecular formula is C11H14N6O2. The predicted octanol–water partition coefficient (Wildman–Crippen LogP) is -1.12. The van der Waals surface area contributed by atoms with Gasteiger partial charge < -0.3 is 20.2 Å². The van der Waals surface area contributed by atoms with E-state index in [0.717, 1.165) is 0 Å². The smallest absolute Gasteiger partial charge is 0.251 e. The van der Waals surface area contributed by atoms with Gasteiger partial charge in [0, 0.05) is 25.0 Å². The normalized spacial score (nSPS) is 10.4. The van der Waals surface area contributed by atoms with Crippen molar-refractivity contribution >= 4 is 11.6 Å². The second-order valence-electron chi connectivity index (χ2n) is 4.06. The monoisotopic (exact) mass is 262 g/mol. The van der Waals surface area contributed by atoms with Crippen molar-refractivity contribution in [3.05, 3.63) is 40.8 Å². The number of aromatic nitrogens is 4. The molecule has 2 aromatic rings. The summed E-state index contributed by atoms with van der Waals surface area (Å²) >= 11 is 0. The van der Waals surface area contributed by atoms with Crippen LogP contribution in [0.1, 0.15) is 5.82 Å². The number of amides is 1. The molecule has 0 aliphatic rings. The average molecular weight is 262 g/mol. The van der Waals surface area contributed by atoms with E-state index in [-0.39, 0.29) is 24.6 Å². The highest BCUT2D eigenvalue weighted by Gasteiger charge is 2.06. The predicted molar refractivity (Wildman–Crippen MR) is 68.0 cm³/mol. The third-order valence-corrected chi connectivity index (χ3v) is 2.57. The van der Waals surface area contributed by atoms with Crippen LogP contribution in [0.25, 0.3) is 0 Å². The summed E-state index contributed by atoms with van der Waals surface area (Å²) < 4.78 is 2.95. The lowest BCUT2D eigenvalue weighted by molar-refractivity contribution is -0.121.